The number of fused-ring (bicyclic) bond motifs is 1. The van der Waals surface area contributed by atoms with E-state index in [2.05, 4.69) is 10.5 Å². The summed E-state index contributed by atoms with van der Waals surface area (Å²) in [5.74, 6) is 2.16. The maximum atomic E-state index is 12.9. The zero-order valence-corrected chi connectivity index (χ0v) is 14.6. The topological polar surface area (TPSA) is 71.7 Å². The Bertz CT molecular complexity index is 924. The smallest absolute Gasteiger partial charge is 0.246 e. The lowest BCUT2D eigenvalue weighted by Crippen LogP contribution is -2.52. The van der Waals surface area contributed by atoms with Crippen LogP contribution in [0.5, 0.6) is 0 Å². The quantitative estimate of drug-likeness (QED) is 0.681. The van der Waals surface area contributed by atoms with Crippen LogP contribution < -0.4 is 10.9 Å². The van der Waals surface area contributed by atoms with Crippen LogP contribution >= 0.6 is 0 Å². The van der Waals surface area contributed by atoms with E-state index < -0.39 is 0 Å². The molecule has 0 radical (unpaired) electrons. The molecule has 1 heterocycles. The highest BCUT2D eigenvalue weighted by Crippen LogP contribution is 2.60. The van der Waals surface area contributed by atoms with Gasteiger partial charge in [-0.3, -0.25) is 9.59 Å². The van der Waals surface area contributed by atoms with E-state index >= 15 is 0 Å². The number of para-hydroxylation sites is 1. The molecular formula is C21H22N2O3. The molecule has 1 N–H and O–H groups in total. The normalized spacial score (nSPS) is 32.4. The summed E-state index contributed by atoms with van der Waals surface area (Å²) in [5.41, 5.74) is 3.23. The first-order valence-corrected chi connectivity index (χ1v) is 9.47. The van der Waals surface area contributed by atoms with Crippen LogP contribution in [-0.2, 0) is 4.79 Å². The third-order valence-electron chi connectivity index (χ3n) is 6.60. The highest BCUT2D eigenvalue weighted by molar-refractivity contribution is 5.88. The van der Waals surface area contributed by atoms with Gasteiger partial charge >= 0.3 is 0 Å². The van der Waals surface area contributed by atoms with Gasteiger partial charge in [0.15, 0.2) is 0 Å². The zero-order valence-electron chi connectivity index (χ0n) is 14.6. The predicted octanol–water partition coefficient (Wildman–Crippen LogP) is 3.46. The number of nitrogens with zero attached hydrogens (tertiary/aromatic N) is 1. The second kappa shape index (κ2) is 5.79. The Morgan fingerprint density at radius 1 is 1.12 bits per heavy atom. The third-order valence-corrected chi connectivity index (χ3v) is 6.60. The summed E-state index contributed by atoms with van der Waals surface area (Å²) in [6.07, 6.45) is 9.69. The molecule has 4 aliphatic carbocycles. The van der Waals surface area contributed by atoms with Crippen LogP contribution in [0.2, 0.25) is 0 Å². The molecule has 4 saturated carbocycles. The summed E-state index contributed by atoms with van der Waals surface area (Å²) < 4.78 is 5.48. The molecule has 134 valence electrons. The van der Waals surface area contributed by atoms with Crippen molar-refractivity contribution in [1.29, 1.82) is 0 Å². The van der Waals surface area contributed by atoms with E-state index in [-0.39, 0.29) is 16.8 Å². The molecule has 5 nitrogen and oxygen atoms in total. The Balaban J connectivity index is 1.34. The van der Waals surface area contributed by atoms with Crippen molar-refractivity contribution in [3.63, 3.8) is 0 Å². The molecule has 1 aromatic heterocycles. The van der Waals surface area contributed by atoms with Gasteiger partial charge in [-0.05, 0) is 68.4 Å². The van der Waals surface area contributed by atoms with Crippen molar-refractivity contribution in [2.45, 2.75) is 38.5 Å². The number of carbonyl (C=O) groups is 1. The van der Waals surface area contributed by atoms with Crippen LogP contribution in [0.25, 0.3) is 11.0 Å². The van der Waals surface area contributed by atoms with Gasteiger partial charge in [-0.25, -0.2) is 5.43 Å². The number of hydrogen-bond donors (Lipinski definition) is 1. The first-order chi connectivity index (χ1) is 12.6. The molecule has 4 aliphatic rings. The van der Waals surface area contributed by atoms with E-state index in [9.17, 15) is 9.59 Å². The number of rotatable bonds is 3. The highest BCUT2D eigenvalue weighted by atomic mass is 16.3. The van der Waals surface area contributed by atoms with Gasteiger partial charge in [-0.1, -0.05) is 12.1 Å². The Kier molecular flexibility index (Phi) is 3.52. The number of benzene rings is 1. The third kappa shape index (κ3) is 2.49. The van der Waals surface area contributed by atoms with Crippen LogP contribution in [0.4, 0.5) is 0 Å². The molecule has 0 spiro atoms. The number of hydrazone groups is 1. The van der Waals surface area contributed by atoms with E-state index in [1.807, 2.05) is 6.07 Å². The maximum Gasteiger partial charge on any atom is 0.246 e. The van der Waals surface area contributed by atoms with Gasteiger partial charge in [0.1, 0.15) is 11.8 Å². The van der Waals surface area contributed by atoms with E-state index in [0.717, 1.165) is 19.3 Å². The van der Waals surface area contributed by atoms with Crippen LogP contribution in [0.15, 0.2) is 44.8 Å². The summed E-state index contributed by atoms with van der Waals surface area (Å²) in [6.45, 7) is 0. The fourth-order valence-corrected chi connectivity index (χ4v) is 5.85. The molecule has 0 unspecified atom stereocenters. The first-order valence-electron chi connectivity index (χ1n) is 9.47. The largest absolute Gasteiger partial charge is 0.463 e. The summed E-state index contributed by atoms with van der Waals surface area (Å²) in [6, 6.07) is 7.11. The molecule has 4 fully saturated rings. The minimum atomic E-state index is -0.236. The molecule has 4 bridgehead atoms. The fourth-order valence-electron chi connectivity index (χ4n) is 5.85. The van der Waals surface area contributed by atoms with Crippen LogP contribution in [-0.4, -0.2) is 12.1 Å². The lowest BCUT2D eigenvalue weighted by atomic mass is 9.49. The molecule has 5 heteroatoms. The second-order valence-corrected chi connectivity index (χ2v) is 8.41. The summed E-state index contributed by atoms with van der Waals surface area (Å²) >= 11 is 0. The SMILES string of the molecule is O=C(N/N=C\c1coc2ccccc2c1=O)C12CC3CC(CC(C3)C1)C2. The van der Waals surface area contributed by atoms with Gasteiger partial charge in [0, 0.05) is 0 Å². The highest BCUT2D eigenvalue weighted by Gasteiger charge is 2.54. The van der Waals surface area contributed by atoms with Crippen molar-refractivity contribution in [3.8, 4) is 0 Å². The van der Waals surface area contributed by atoms with Gasteiger partial charge in [0.05, 0.1) is 22.6 Å². The monoisotopic (exact) mass is 350 g/mol. The molecular weight excluding hydrogens is 328 g/mol. The lowest BCUT2D eigenvalue weighted by Gasteiger charge is -2.55. The summed E-state index contributed by atoms with van der Waals surface area (Å²) in [5, 5.41) is 4.60. The molecule has 1 aromatic carbocycles. The van der Waals surface area contributed by atoms with Crippen molar-refractivity contribution >= 4 is 23.1 Å². The average molecular weight is 350 g/mol. The van der Waals surface area contributed by atoms with E-state index in [1.54, 1.807) is 18.2 Å². The van der Waals surface area contributed by atoms with Gasteiger partial charge < -0.3 is 4.42 Å². The Morgan fingerprint density at radius 3 is 2.46 bits per heavy atom. The predicted molar refractivity (Wildman–Crippen MR) is 98.8 cm³/mol. The zero-order chi connectivity index (χ0) is 17.7. The van der Waals surface area contributed by atoms with Gasteiger partial charge in [0.2, 0.25) is 11.3 Å². The van der Waals surface area contributed by atoms with Crippen LogP contribution in [0, 0.1) is 23.2 Å². The number of hydrogen-bond acceptors (Lipinski definition) is 4. The Morgan fingerprint density at radius 2 is 1.77 bits per heavy atom. The van der Waals surface area contributed by atoms with E-state index in [1.165, 1.54) is 31.7 Å². The van der Waals surface area contributed by atoms with Crippen molar-refractivity contribution < 1.29 is 9.21 Å². The first kappa shape index (κ1) is 15.8. The number of nitrogens with one attached hydrogen (secondary N) is 1. The molecule has 1 amide bonds. The van der Waals surface area contributed by atoms with Gasteiger partial charge in [-0.15, -0.1) is 0 Å². The van der Waals surface area contributed by atoms with Crippen LogP contribution in [0.1, 0.15) is 44.1 Å². The molecule has 6 rings (SSSR count). The second-order valence-electron chi connectivity index (χ2n) is 8.41. The van der Waals surface area contributed by atoms with E-state index in [4.69, 9.17) is 4.42 Å². The lowest BCUT2D eigenvalue weighted by molar-refractivity contribution is -0.146. The molecule has 0 saturated heterocycles. The van der Waals surface area contributed by atoms with Crippen LogP contribution in [0.3, 0.4) is 0 Å². The minimum Gasteiger partial charge on any atom is -0.463 e. The minimum absolute atomic E-state index is 0.0260. The van der Waals surface area contributed by atoms with Crippen molar-refractivity contribution in [3.05, 3.63) is 46.3 Å². The number of amides is 1. The van der Waals surface area contributed by atoms with E-state index in [0.29, 0.717) is 34.3 Å². The molecule has 0 atom stereocenters. The molecule has 0 aliphatic heterocycles. The number of carbonyl (C=O) groups excluding carboxylic acids is 1. The maximum absolute atomic E-state index is 12.9. The van der Waals surface area contributed by atoms with Crippen molar-refractivity contribution in [2.75, 3.05) is 0 Å². The Labute approximate surface area is 151 Å². The molecule has 26 heavy (non-hydrogen) atoms. The van der Waals surface area contributed by atoms with Crippen molar-refractivity contribution in [2.24, 2.45) is 28.3 Å². The van der Waals surface area contributed by atoms with Crippen molar-refractivity contribution in [1.82, 2.24) is 5.43 Å². The van der Waals surface area contributed by atoms with Gasteiger partial charge in [0.25, 0.3) is 0 Å². The molecule has 2 aromatic rings. The summed E-state index contributed by atoms with van der Waals surface area (Å²) in [7, 11) is 0. The standard InChI is InChI=1S/C21H22N2O3/c24-19-16(12-26-18-4-2-1-3-17(18)19)11-22-23-20(25)21-8-13-5-14(9-21)7-15(6-13)10-21/h1-4,11-15H,5-10H2,(H,23,25)/b22-11-. The Hall–Kier alpha value is -2.43. The van der Waals surface area contributed by atoms with Gasteiger partial charge in [-0.2, -0.15) is 5.10 Å². The summed E-state index contributed by atoms with van der Waals surface area (Å²) in [4.78, 5) is 25.3. The average Bonchev–Trinajstić information content (AvgIpc) is 2.62. The fraction of sp³-hybridized carbons (Fsp3) is 0.476.